The first kappa shape index (κ1) is 15.2. The molecule has 0 aliphatic carbocycles. The van der Waals surface area contributed by atoms with Crippen LogP contribution in [0.1, 0.15) is 24.2 Å². The third-order valence-corrected chi connectivity index (χ3v) is 3.60. The third kappa shape index (κ3) is 3.45. The van der Waals surface area contributed by atoms with E-state index in [1.54, 1.807) is 26.0 Å². The number of carbonyl (C=O) groups is 2. The molecular weight excluding hydrogens is 270 g/mol. The van der Waals surface area contributed by atoms with Gasteiger partial charge in [0.25, 0.3) is 0 Å². The zero-order chi connectivity index (χ0) is 15.4. The summed E-state index contributed by atoms with van der Waals surface area (Å²) < 4.78 is 4.96. The van der Waals surface area contributed by atoms with Crippen molar-refractivity contribution >= 4 is 23.3 Å². The SMILES string of the molecule is CCOC(=O)c1ccc(N2CCN(C(C)=O)CC2)c(N)c1. The highest BCUT2D eigenvalue weighted by molar-refractivity contribution is 5.92. The van der Waals surface area contributed by atoms with E-state index in [1.165, 1.54) is 0 Å². The van der Waals surface area contributed by atoms with Gasteiger partial charge in [0.15, 0.2) is 0 Å². The monoisotopic (exact) mass is 291 g/mol. The number of nitrogen functional groups attached to an aromatic ring is 1. The Morgan fingerprint density at radius 1 is 1.24 bits per heavy atom. The number of benzene rings is 1. The molecule has 1 aromatic rings. The molecule has 0 radical (unpaired) electrons. The van der Waals surface area contributed by atoms with Crippen LogP contribution in [0.25, 0.3) is 0 Å². The van der Waals surface area contributed by atoms with Gasteiger partial charge in [-0.1, -0.05) is 0 Å². The summed E-state index contributed by atoms with van der Waals surface area (Å²) in [6.45, 7) is 6.55. The second kappa shape index (κ2) is 6.47. The van der Waals surface area contributed by atoms with Crippen molar-refractivity contribution in [2.24, 2.45) is 0 Å². The summed E-state index contributed by atoms with van der Waals surface area (Å²) in [5, 5.41) is 0. The molecule has 0 bridgehead atoms. The minimum Gasteiger partial charge on any atom is -0.462 e. The first-order valence-electron chi connectivity index (χ1n) is 7.10. The average Bonchev–Trinajstić information content (AvgIpc) is 2.47. The Kier molecular flexibility index (Phi) is 4.67. The zero-order valence-electron chi connectivity index (χ0n) is 12.5. The number of nitrogens with zero attached hydrogens (tertiary/aromatic N) is 2. The van der Waals surface area contributed by atoms with Gasteiger partial charge < -0.3 is 20.3 Å². The quantitative estimate of drug-likeness (QED) is 0.667. The van der Waals surface area contributed by atoms with E-state index < -0.39 is 0 Å². The van der Waals surface area contributed by atoms with E-state index in [-0.39, 0.29) is 11.9 Å². The molecule has 6 heteroatoms. The van der Waals surface area contributed by atoms with E-state index in [9.17, 15) is 9.59 Å². The van der Waals surface area contributed by atoms with Crippen molar-refractivity contribution < 1.29 is 14.3 Å². The molecule has 2 N–H and O–H groups in total. The lowest BCUT2D eigenvalue weighted by atomic mass is 10.1. The van der Waals surface area contributed by atoms with E-state index in [0.717, 1.165) is 18.8 Å². The van der Waals surface area contributed by atoms with Crippen LogP contribution in [-0.2, 0) is 9.53 Å². The average molecular weight is 291 g/mol. The molecule has 1 aromatic carbocycles. The third-order valence-electron chi connectivity index (χ3n) is 3.60. The molecule has 114 valence electrons. The number of hydrogen-bond donors (Lipinski definition) is 1. The Labute approximate surface area is 124 Å². The molecule has 0 atom stereocenters. The summed E-state index contributed by atoms with van der Waals surface area (Å²) in [5.74, 6) is -0.266. The van der Waals surface area contributed by atoms with Crippen LogP contribution in [0.3, 0.4) is 0 Å². The van der Waals surface area contributed by atoms with Crippen molar-refractivity contribution in [3.05, 3.63) is 23.8 Å². The molecule has 0 aromatic heterocycles. The van der Waals surface area contributed by atoms with Gasteiger partial charge in [-0.2, -0.15) is 0 Å². The topological polar surface area (TPSA) is 75.9 Å². The summed E-state index contributed by atoms with van der Waals surface area (Å²) in [4.78, 5) is 26.9. The molecule has 1 aliphatic heterocycles. The number of hydrogen-bond acceptors (Lipinski definition) is 5. The van der Waals surface area contributed by atoms with Crippen molar-refractivity contribution in [3.63, 3.8) is 0 Å². The van der Waals surface area contributed by atoms with E-state index in [2.05, 4.69) is 4.90 Å². The van der Waals surface area contributed by atoms with Crippen molar-refractivity contribution in [2.45, 2.75) is 13.8 Å². The molecule has 1 fully saturated rings. The number of piperazine rings is 1. The fourth-order valence-corrected chi connectivity index (χ4v) is 2.45. The fourth-order valence-electron chi connectivity index (χ4n) is 2.45. The maximum absolute atomic E-state index is 11.7. The van der Waals surface area contributed by atoms with Crippen molar-refractivity contribution in [1.82, 2.24) is 4.90 Å². The first-order chi connectivity index (χ1) is 10.0. The lowest BCUT2D eigenvalue weighted by molar-refractivity contribution is -0.129. The fraction of sp³-hybridized carbons (Fsp3) is 0.467. The molecule has 1 heterocycles. The first-order valence-corrected chi connectivity index (χ1v) is 7.10. The molecular formula is C15H21N3O3. The molecule has 1 aliphatic rings. The van der Waals surface area contributed by atoms with Crippen LogP contribution in [0.4, 0.5) is 11.4 Å². The molecule has 21 heavy (non-hydrogen) atoms. The molecule has 1 saturated heterocycles. The van der Waals surface area contributed by atoms with Gasteiger partial charge >= 0.3 is 5.97 Å². The zero-order valence-corrected chi connectivity index (χ0v) is 12.5. The number of nitrogens with two attached hydrogens (primary N) is 1. The summed E-state index contributed by atoms with van der Waals surface area (Å²) in [6, 6.07) is 5.21. The van der Waals surface area contributed by atoms with Gasteiger partial charge in [-0.15, -0.1) is 0 Å². The van der Waals surface area contributed by atoms with Crippen LogP contribution < -0.4 is 10.6 Å². The minimum absolute atomic E-state index is 0.0975. The lowest BCUT2D eigenvalue weighted by Crippen LogP contribution is -2.48. The number of esters is 1. The Morgan fingerprint density at radius 2 is 1.90 bits per heavy atom. The van der Waals surface area contributed by atoms with Gasteiger partial charge in [0.1, 0.15) is 0 Å². The number of rotatable bonds is 3. The second-order valence-electron chi connectivity index (χ2n) is 4.99. The molecule has 0 unspecified atom stereocenters. The van der Waals surface area contributed by atoms with Crippen LogP contribution in [0.2, 0.25) is 0 Å². The van der Waals surface area contributed by atoms with Gasteiger partial charge in [-0.25, -0.2) is 4.79 Å². The summed E-state index contributed by atoms with van der Waals surface area (Å²) in [7, 11) is 0. The Bertz CT molecular complexity index is 537. The normalized spacial score (nSPS) is 15.0. The van der Waals surface area contributed by atoms with E-state index in [0.29, 0.717) is 30.9 Å². The van der Waals surface area contributed by atoms with Gasteiger partial charge in [0.2, 0.25) is 5.91 Å². The Hall–Kier alpha value is -2.24. The van der Waals surface area contributed by atoms with E-state index in [1.807, 2.05) is 11.0 Å². The molecule has 1 amide bonds. The van der Waals surface area contributed by atoms with Crippen molar-refractivity contribution in [3.8, 4) is 0 Å². The lowest BCUT2D eigenvalue weighted by Gasteiger charge is -2.36. The second-order valence-corrected chi connectivity index (χ2v) is 4.99. The molecule has 0 spiro atoms. The van der Waals surface area contributed by atoms with Gasteiger partial charge in [-0.3, -0.25) is 4.79 Å². The Balaban J connectivity index is 2.08. The Morgan fingerprint density at radius 3 is 2.43 bits per heavy atom. The minimum atomic E-state index is -0.364. The predicted octanol–water partition coefficient (Wildman–Crippen LogP) is 1.11. The highest BCUT2D eigenvalue weighted by Gasteiger charge is 2.20. The van der Waals surface area contributed by atoms with Crippen LogP contribution in [-0.4, -0.2) is 49.6 Å². The van der Waals surface area contributed by atoms with Crippen LogP contribution in [0, 0.1) is 0 Å². The summed E-state index contributed by atoms with van der Waals surface area (Å²) in [5.41, 5.74) is 7.96. The van der Waals surface area contributed by atoms with Gasteiger partial charge in [-0.05, 0) is 25.1 Å². The van der Waals surface area contributed by atoms with E-state index >= 15 is 0 Å². The van der Waals surface area contributed by atoms with Crippen molar-refractivity contribution in [2.75, 3.05) is 43.4 Å². The number of amides is 1. The summed E-state index contributed by atoms with van der Waals surface area (Å²) in [6.07, 6.45) is 0. The number of anilines is 2. The number of ether oxygens (including phenoxy) is 1. The molecule has 0 saturated carbocycles. The van der Waals surface area contributed by atoms with Crippen molar-refractivity contribution in [1.29, 1.82) is 0 Å². The van der Waals surface area contributed by atoms with Crippen LogP contribution in [0.5, 0.6) is 0 Å². The van der Waals surface area contributed by atoms with E-state index in [4.69, 9.17) is 10.5 Å². The standard InChI is InChI=1S/C15H21N3O3/c1-3-21-15(20)12-4-5-14(13(16)10-12)18-8-6-17(7-9-18)11(2)19/h4-5,10H,3,6-9,16H2,1-2H3. The number of carbonyl (C=O) groups excluding carboxylic acids is 2. The van der Waals surface area contributed by atoms with Crippen LogP contribution in [0.15, 0.2) is 18.2 Å². The largest absolute Gasteiger partial charge is 0.462 e. The summed E-state index contributed by atoms with van der Waals surface area (Å²) >= 11 is 0. The van der Waals surface area contributed by atoms with Crippen LogP contribution >= 0.6 is 0 Å². The molecule has 6 nitrogen and oxygen atoms in total. The van der Waals surface area contributed by atoms with Gasteiger partial charge in [0.05, 0.1) is 23.5 Å². The van der Waals surface area contributed by atoms with Gasteiger partial charge in [0, 0.05) is 33.1 Å². The molecule has 2 rings (SSSR count). The predicted molar refractivity (Wildman–Crippen MR) is 81.3 cm³/mol. The highest BCUT2D eigenvalue weighted by Crippen LogP contribution is 2.25. The maximum atomic E-state index is 11.7. The maximum Gasteiger partial charge on any atom is 0.338 e. The smallest absolute Gasteiger partial charge is 0.338 e. The highest BCUT2D eigenvalue weighted by atomic mass is 16.5.